The van der Waals surface area contributed by atoms with E-state index < -0.39 is 0 Å². The summed E-state index contributed by atoms with van der Waals surface area (Å²) in [4.78, 5) is 11.7. The van der Waals surface area contributed by atoms with E-state index in [1.54, 1.807) is 0 Å². The van der Waals surface area contributed by atoms with Crippen LogP contribution in [0.4, 0.5) is 0 Å². The van der Waals surface area contributed by atoms with E-state index >= 15 is 0 Å². The van der Waals surface area contributed by atoms with Crippen LogP contribution in [0.1, 0.15) is 26.2 Å². The molecule has 2 aliphatic carbocycles. The van der Waals surface area contributed by atoms with Gasteiger partial charge in [0.1, 0.15) is 0 Å². The molecule has 3 atom stereocenters. The first-order chi connectivity index (χ1) is 6.74. The summed E-state index contributed by atoms with van der Waals surface area (Å²) in [6.45, 7) is 3.46. The van der Waals surface area contributed by atoms with Crippen LogP contribution in [0, 0.1) is 23.7 Å². The molecule has 3 nitrogen and oxygen atoms in total. The second-order valence-electron chi connectivity index (χ2n) is 4.87. The zero-order valence-electron chi connectivity index (χ0n) is 8.83. The van der Waals surface area contributed by atoms with Crippen molar-refractivity contribution in [2.45, 2.75) is 26.2 Å². The molecule has 3 heteroatoms. The molecule has 2 saturated carbocycles. The highest BCUT2D eigenvalue weighted by atomic mass is 16.2. The van der Waals surface area contributed by atoms with Crippen LogP contribution < -0.4 is 11.1 Å². The van der Waals surface area contributed by atoms with E-state index in [2.05, 4.69) is 12.2 Å². The quantitative estimate of drug-likeness (QED) is 0.697. The first-order valence-electron chi connectivity index (χ1n) is 5.71. The molecule has 0 spiro atoms. The zero-order chi connectivity index (χ0) is 10.1. The van der Waals surface area contributed by atoms with E-state index in [-0.39, 0.29) is 5.91 Å². The highest BCUT2D eigenvalue weighted by Gasteiger charge is 2.56. The average molecular weight is 196 g/mol. The molecular weight excluding hydrogens is 176 g/mol. The molecule has 0 aliphatic heterocycles. The van der Waals surface area contributed by atoms with Crippen LogP contribution in [-0.4, -0.2) is 19.0 Å². The molecule has 0 aromatic heterocycles. The Hall–Kier alpha value is -0.570. The zero-order valence-corrected chi connectivity index (χ0v) is 8.83. The van der Waals surface area contributed by atoms with Crippen molar-refractivity contribution >= 4 is 5.91 Å². The van der Waals surface area contributed by atoms with Gasteiger partial charge in [0.05, 0.1) is 0 Å². The van der Waals surface area contributed by atoms with Crippen molar-refractivity contribution in [3.8, 4) is 0 Å². The number of carbonyl (C=O) groups excluding carboxylic acids is 1. The first kappa shape index (κ1) is 9.97. The Kier molecular flexibility index (Phi) is 2.77. The maximum absolute atomic E-state index is 11.7. The lowest BCUT2D eigenvalue weighted by Crippen LogP contribution is -2.33. The maximum atomic E-state index is 11.7. The van der Waals surface area contributed by atoms with Crippen molar-refractivity contribution in [2.24, 2.45) is 29.4 Å². The highest BCUT2D eigenvalue weighted by Crippen LogP contribution is 2.57. The fourth-order valence-electron chi connectivity index (χ4n) is 2.69. The third-order valence-corrected chi connectivity index (χ3v) is 3.74. The number of nitrogens with two attached hydrogens (primary N) is 1. The number of rotatable bonds is 4. The molecule has 1 amide bonds. The van der Waals surface area contributed by atoms with Crippen molar-refractivity contribution in [1.29, 1.82) is 0 Å². The Bertz CT molecular complexity index is 219. The smallest absolute Gasteiger partial charge is 0.223 e. The third-order valence-electron chi connectivity index (χ3n) is 3.74. The Morgan fingerprint density at radius 1 is 1.50 bits per heavy atom. The summed E-state index contributed by atoms with van der Waals surface area (Å²) in [5.41, 5.74) is 5.49. The van der Waals surface area contributed by atoms with Crippen molar-refractivity contribution in [2.75, 3.05) is 13.1 Å². The predicted octanol–water partition coefficient (Wildman–Crippen LogP) is 0.743. The van der Waals surface area contributed by atoms with Gasteiger partial charge in [-0.25, -0.2) is 0 Å². The minimum atomic E-state index is 0.278. The standard InChI is InChI=1S/C11H20N2O/c1-7(5-12)6-13-11(14)10-8-3-2-4-9(8)10/h7-10H,2-6,12H2,1H3,(H,13,14). The van der Waals surface area contributed by atoms with E-state index in [9.17, 15) is 4.79 Å². The van der Waals surface area contributed by atoms with Crippen LogP contribution in [-0.2, 0) is 4.79 Å². The number of hydrogen-bond donors (Lipinski definition) is 2. The Morgan fingerprint density at radius 3 is 2.71 bits per heavy atom. The molecule has 3 N–H and O–H groups in total. The molecule has 14 heavy (non-hydrogen) atoms. The van der Waals surface area contributed by atoms with Gasteiger partial charge < -0.3 is 11.1 Å². The number of nitrogens with one attached hydrogen (secondary N) is 1. The molecule has 0 heterocycles. The maximum Gasteiger partial charge on any atom is 0.223 e. The summed E-state index contributed by atoms with van der Waals surface area (Å²) >= 11 is 0. The van der Waals surface area contributed by atoms with E-state index in [0.29, 0.717) is 18.4 Å². The molecular formula is C11H20N2O. The first-order valence-corrected chi connectivity index (χ1v) is 5.71. The molecule has 0 aromatic rings. The largest absolute Gasteiger partial charge is 0.356 e. The minimum absolute atomic E-state index is 0.278. The number of hydrogen-bond acceptors (Lipinski definition) is 2. The lowest BCUT2D eigenvalue weighted by molar-refractivity contribution is -0.123. The van der Waals surface area contributed by atoms with Crippen LogP contribution in [0.15, 0.2) is 0 Å². The molecule has 0 aromatic carbocycles. The van der Waals surface area contributed by atoms with Crippen LogP contribution in [0.5, 0.6) is 0 Å². The lowest BCUT2D eigenvalue weighted by atomic mass is 10.1. The fourth-order valence-corrected chi connectivity index (χ4v) is 2.69. The third kappa shape index (κ3) is 1.78. The van der Waals surface area contributed by atoms with Gasteiger partial charge in [-0.05, 0) is 37.1 Å². The van der Waals surface area contributed by atoms with Gasteiger partial charge in [-0.2, -0.15) is 0 Å². The van der Waals surface area contributed by atoms with Crippen molar-refractivity contribution in [3.05, 3.63) is 0 Å². The van der Waals surface area contributed by atoms with Crippen molar-refractivity contribution in [3.63, 3.8) is 0 Å². The summed E-state index contributed by atoms with van der Waals surface area (Å²) in [5, 5.41) is 3.00. The van der Waals surface area contributed by atoms with Crippen molar-refractivity contribution < 1.29 is 4.79 Å². The monoisotopic (exact) mass is 196 g/mol. The van der Waals surface area contributed by atoms with E-state index in [1.807, 2.05) is 0 Å². The van der Waals surface area contributed by atoms with Gasteiger partial charge >= 0.3 is 0 Å². The predicted molar refractivity (Wildman–Crippen MR) is 55.5 cm³/mol. The summed E-state index contributed by atoms with van der Waals surface area (Å²) in [6, 6.07) is 0. The van der Waals surface area contributed by atoms with Gasteiger partial charge in [-0.15, -0.1) is 0 Å². The van der Waals surface area contributed by atoms with E-state index in [0.717, 1.165) is 18.4 Å². The van der Waals surface area contributed by atoms with Gasteiger partial charge in [-0.1, -0.05) is 13.3 Å². The topological polar surface area (TPSA) is 55.1 Å². The summed E-state index contributed by atoms with van der Waals surface area (Å²) in [7, 11) is 0. The Labute approximate surface area is 85.4 Å². The van der Waals surface area contributed by atoms with Gasteiger partial charge in [0.15, 0.2) is 0 Å². The molecule has 3 unspecified atom stereocenters. The Balaban J connectivity index is 1.70. The highest BCUT2D eigenvalue weighted by molar-refractivity contribution is 5.82. The van der Waals surface area contributed by atoms with Crippen LogP contribution >= 0.6 is 0 Å². The van der Waals surface area contributed by atoms with Crippen LogP contribution in [0.2, 0.25) is 0 Å². The van der Waals surface area contributed by atoms with E-state index in [4.69, 9.17) is 5.73 Å². The minimum Gasteiger partial charge on any atom is -0.356 e. The summed E-state index contributed by atoms with van der Waals surface area (Å²) in [5.74, 6) is 2.48. The number of fused-ring (bicyclic) bond motifs is 1. The molecule has 0 bridgehead atoms. The van der Waals surface area contributed by atoms with Gasteiger partial charge in [0.25, 0.3) is 0 Å². The number of amides is 1. The van der Waals surface area contributed by atoms with Gasteiger partial charge in [0, 0.05) is 12.5 Å². The molecule has 2 fully saturated rings. The molecule has 0 saturated heterocycles. The second kappa shape index (κ2) is 3.89. The molecule has 2 rings (SSSR count). The summed E-state index contributed by atoms with van der Waals surface area (Å²) in [6.07, 6.45) is 3.88. The SMILES string of the molecule is CC(CN)CNC(=O)C1C2CCCC21. The molecule has 0 radical (unpaired) electrons. The number of carbonyl (C=O) groups is 1. The average Bonchev–Trinajstić information content (AvgIpc) is 2.68. The molecule has 2 aliphatic rings. The second-order valence-corrected chi connectivity index (χ2v) is 4.87. The fraction of sp³-hybridized carbons (Fsp3) is 0.909. The lowest BCUT2D eigenvalue weighted by Gasteiger charge is -2.10. The van der Waals surface area contributed by atoms with Crippen LogP contribution in [0.3, 0.4) is 0 Å². The van der Waals surface area contributed by atoms with E-state index in [1.165, 1.54) is 19.3 Å². The molecule has 80 valence electrons. The van der Waals surface area contributed by atoms with Gasteiger partial charge in [-0.3, -0.25) is 4.79 Å². The Morgan fingerprint density at radius 2 is 2.14 bits per heavy atom. The summed E-state index contributed by atoms with van der Waals surface area (Å²) < 4.78 is 0. The van der Waals surface area contributed by atoms with Crippen LogP contribution in [0.25, 0.3) is 0 Å². The van der Waals surface area contributed by atoms with Gasteiger partial charge in [0.2, 0.25) is 5.91 Å². The van der Waals surface area contributed by atoms with Crippen molar-refractivity contribution in [1.82, 2.24) is 5.32 Å². The normalized spacial score (nSPS) is 36.3.